The van der Waals surface area contributed by atoms with Crippen LogP contribution in [0.25, 0.3) is 0 Å². The van der Waals surface area contributed by atoms with E-state index in [2.05, 4.69) is 36.6 Å². The fourth-order valence-corrected chi connectivity index (χ4v) is 3.53. The Morgan fingerprint density at radius 2 is 1.89 bits per heavy atom. The molecule has 0 N–H and O–H groups in total. The monoisotopic (exact) mass is 245 g/mol. The Morgan fingerprint density at radius 3 is 2.56 bits per heavy atom. The van der Waals surface area contributed by atoms with Crippen molar-refractivity contribution in [2.75, 3.05) is 19.6 Å². The second-order valence-electron chi connectivity index (χ2n) is 6.06. The van der Waals surface area contributed by atoms with Crippen molar-refractivity contribution < 1.29 is 0 Å². The molecule has 100 valence electrons. The summed E-state index contributed by atoms with van der Waals surface area (Å²) in [6.07, 6.45) is 15.9. The van der Waals surface area contributed by atoms with Crippen molar-refractivity contribution in [2.45, 2.75) is 32.6 Å². The van der Waals surface area contributed by atoms with Gasteiger partial charge in [-0.05, 0) is 37.0 Å². The van der Waals surface area contributed by atoms with Crippen molar-refractivity contribution in [3.8, 4) is 0 Å². The van der Waals surface area contributed by atoms with Crippen molar-refractivity contribution in [3.63, 3.8) is 0 Å². The Kier molecular flexibility index (Phi) is 5.25. The average Bonchev–Trinajstić information content (AvgIpc) is 2.89. The SMILES string of the molecule is C=C/C=C\C=C/CC(C)CN1CC2CCCC2C1. The van der Waals surface area contributed by atoms with Gasteiger partial charge in [0.1, 0.15) is 0 Å². The van der Waals surface area contributed by atoms with Gasteiger partial charge in [0.2, 0.25) is 0 Å². The van der Waals surface area contributed by atoms with Gasteiger partial charge in [-0.2, -0.15) is 0 Å². The maximum atomic E-state index is 3.66. The van der Waals surface area contributed by atoms with E-state index in [4.69, 9.17) is 0 Å². The van der Waals surface area contributed by atoms with Crippen molar-refractivity contribution in [3.05, 3.63) is 37.0 Å². The van der Waals surface area contributed by atoms with Crippen LogP contribution in [-0.2, 0) is 0 Å². The highest BCUT2D eigenvalue weighted by Crippen LogP contribution is 2.37. The van der Waals surface area contributed by atoms with E-state index >= 15 is 0 Å². The predicted molar refractivity (Wildman–Crippen MR) is 79.5 cm³/mol. The third-order valence-corrected chi connectivity index (χ3v) is 4.40. The molecule has 1 saturated heterocycles. The molecule has 0 aromatic heterocycles. The first-order valence-corrected chi connectivity index (χ1v) is 7.46. The first-order valence-electron chi connectivity index (χ1n) is 7.46. The molecule has 1 aliphatic heterocycles. The smallest absolute Gasteiger partial charge is 0.00130 e. The molecule has 0 aromatic carbocycles. The largest absolute Gasteiger partial charge is 0.302 e. The van der Waals surface area contributed by atoms with Gasteiger partial charge in [-0.3, -0.25) is 0 Å². The molecule has 2 rings (SSSR count). The molecule has 0 bridgehead atoms. The van der Waals surface area contributed by atoms with Crippen LogP contribution in [0.1, 0.15) is 32.6 Å². The molecule has 0 amide bonds. The zero-order valence-electron chi connectivity index (χ0n) is 11.7. The fraction of sp³-hybridized carbons (Fsp3) is 0.647. The van der Waals surface area contributed by atoms with Crippen LogP contribution in [0.4, 0.5) is 0 Å². The van der Waals surface area contributed by atoms with Crippen LogP contribution < -0.4 is 0 Å². The molecular weight excluding hydrogens is 218 g/mol. The van der Waals surface area contributed by atoms with Crippen LogP contribution >= 0.6 is 0 Å². The number of hydrogen-bond acceptors (Lipinski definition) is 1. The molecule has 1 heterocycles. The van der Waals surface area contributed by atoms with Gasteiger partial charge in [0, 0.05) is 19.6 Å². The number of rotatable bonds is 6. The van der Waals surface area contributed by atoms with Gasteiger partial charge in [-0.1, -0.05) is 50.3 Å². The number of fused-ring (bicyclic) bond motifs is 1. The first-order chi connectivity index (χ1) is 8.79. The molecule has 1 nitrogen and oxygen atoms in total. The Bertz CT molecular complexity index is 304. The zero-order valence-corrected chi connectivity index (χ0v) is 11.7. The van der Waals surface area contributed by atoms with Gasteiger partial charge in [0.25, 0.3) is 0 Å². The van der Waals surface area contributed by atoms with E-state index < -0.39 is 0 Å². The standard InChI is InChI=1S/C17H27N/c1-3-4-5-6-7-9-15(2)12-18-13-16-10-8-11-17(16)14-18/h3-7,15-17H,1,8-14H2,2H3/b5-4-,7-6-. The van der Waals surface area contributed by atoms with E-state index in [1.54, 1.807) is 0 Å². The van der Waals surface area contributed by atoms with Crippen LogP contribution in [0.3, 0.4) is 0 Å². The van der Waals surface area contributed by atoms with E-state index in [1.807, 2.05) is 12.2 Å². The average molecular weight is 245 g/mol. The van der Waals surface area contributed by atoms with Crippen LogP contribution in [0.2, 0.25) is 0 Å². The minimum atomic E-state index is 0.775. The number of nitrogens with zero attached hydrogens (tertiary/aromatic N) is 1. The Labute approximate surface area is 112 Å². The number of hydrogen-bond donors (Lipinski definition) is 0. The minimum Gasteiger partial charge on any atom is -0.302 e. The molecule has 0 radical (unpaired) electrons. The topological polar surface area (TPSA) is 3.24 Å². The Morgan fingerprint density at radius 1 is 1.17 bits per heavy atom. The summed E-state index contributed by atoms with van der Waals surface area (Å²) in [6.45, 7) is 10.1. The molecule has 3 atom stereocenters. The zero-order chi connectivity index (χ0) is 12.8. The lowest BCUT2D eigenvalue weighted by Gasteiger charge is -2.20. The van der Waals surface area contributed by atoms with Crippen molar-refractivity contribution >= 4 is 0 Å². The summed E-state index contributed by atoms with van der Waals surface area (Å²) in [5.41, 5.74) is 0. The maximum absolute atomic E-state index is 3.66. The van der Waals surface area contributed by atoms with E-state index in [1.165, 1.54) is 45.3 Å². The van der Waals surface area contributed by atoms with Gasteiger partial charge >= 0.3 is 0 Å². The number of allylic oxidation sites excluding steroid dienone is 5. The third kappa shape index (κ3) is 3.84. The van der Waals surface area contributed by atoms with Gasteiger partial charge in [0.15, 0.2) is 0 Å². The molecule has 3 unspecified atom stereocenters. The Hall–Kier alpha value is -0.820. The second kappa shape index (κ2) is 6.94. The quantitative estimate of drug-likeness (QED) is 0.638. The van der Waals surface area contributed by atoms with Crippen LogP contribution in [-0.4, -0.2) is 24.5 Å². The molecule has 1 aliphatic carbocycles. The van der Waals surface area contributed by atoms with Gasteiger partial charge in [-0.15, -0.1) is 0 Å². The maximum Gasteiger partial charge on any atom is 0.00130 e. The summed E-state index contributed by atoms with van der Waals surface area (Å²) in [4.78, 5) is 2.70. The highest BCUT2D eigenvalue weighted by molar-refractivity contribution is 5.08. The number of likely N-dealkylation sites (tertiary alicyclic amines) is 1. The summed E-state index contributed by atoms with van der Waals surface area (Å²) in [5, 5.41) is 0. The predicted octanol–water partition coefficient (Wildman–Crippen LogP) is 4.04. The van der Waals surface area contributed by atoms with E-state index in [0.717, 1.165) is 17.8 Å². The lowest BCUT2D eigenvalue weighted by Crippen LogP contribution is -2.27. The third-order valence-electron chi connectivity index (χ3n) is 4.40. The minimum absolute atomic E-state index is 0.775. The van der Waals surface area contributed by atoms with E-state index in [0.29, 0.717) is 0 Å². The highest BCUT2D eigenvalue weighted by Gasteiger charge is 2.35. The molecule has 0 spiro atoms. The highest BCUT2D eigenvalue weighted by atomic mass is 15.2. The summed E-state index contributed by atoms with van der Waals surface area (Å²) < 4.78 is 0. The van der Waals surface area contributed by atoms with Crippen LogP contribution in [0.15, 0.2) is 37.0 Å². The second-order valence-corrected chi connectivity index (χ2v) is 6.06. The molecule has 1 saturated carbocycles. The summed E-state index contributed by atoms with van der Waals surface area (Å²) >= 11 is 0. The van der Waals surface area contributed by atoms with Crippen molar-refractivity contribution in [1.29, 1.82) is 0 Å². The summed E-state index contributed by atoms with van der Waals surface area (Å²) in [7, 11) is 0. The van der Waals surface area contributed by atoms with Crippen molar-refractivity contribution in [2.24, 2.45) is 17.8 Å². The fourth-order valence-electron chi connectivity index (χ4n) is 3.53. The van der Waals surface area contributed by atoms with Crippen LogP contribution in [0.5, 0.6) is 0 Å². The Balaban J connectivity index is 1.65. The normalized spacial score (nSPS) is 30.3. The first kappa shape index (κ1) is 13.6. The van der Waals surface area contributed by atoms with Crippen LogP contribution in [0, 0.1) is 17.8 Å². The summed E-state index contributed by atoms with van der Waals surface area (Å²) in [5.74, 6) is 2.84. The molecule has 2 fully saturated rings. The molecule has 1 heteroatoms. The molecular formula is C17H27N. The lowest BCUT2D eigenvalue weighted by molar-refractivity contribution is 0.268. The molecule has 2 aliphatic rings. The van der Waals surface area contributed by atoms with Gasteiger partial charge in [0.05, 0.1) is 0 Å². The van der Waals surface area contributed by atoms with Gasteiger partial charge in [-0.25, -0.2) is 0 Å². The molecule has 18 heavy (non-hydrogen) atoms. The molecule has 0 aromatic rings. The van der Waals surface area contributed by atoms with E-state index in [9.17, 15) is 0 Å². The van der Waals surface area contributed by atoms with Gasteiger partial charge < -0.3 is 4.90 Å². The van der Waals surface area contributed by atoms with Crippen molar-refractivity contribution in [1.82, 2.24) is 4.90 Å². The lowest BCUT2D eigenvalue weighted by atomic mass is 10.0. The van der Waals surface area contributed by atoms with E-state index in [-0.39, 0.29) is 0 Å². The summed E-state index contributed by atoms with van der Waals surface area (Å²) in [6, 6.07) is 0.